The number of rotatable bonds is 8. The lowest BCUT2D eigenvalue weighted by atomic mass is 9.97. The minimum absolute atomic E-state index is 0.0478. The normalized spacial score (nSPS) is 14.2. The third kappa shape index (κ3) is 4.40. The number of carbonyl (C=O) groups is 2. The maximum atomic E-state index is 13.3. The summed E-state index contributed by atoms with van der Waals surface area (Å²) in [4.78, 5) is 25.8. The summed E-state index contributed by atoms with van der Waals surface area (Å²) >= 11 is 0. The van der Waals surface area contributed by atoms with Crippen LogP contribution in [0.15, 0.2) is 79.0 Å². The largest absolute Gasteiger partial charge is 0.493 e. The molecule has 0 fully saturated rings. The third-order valence-corrected chi connectivity index (χ3v) is 6.27. The van der Waals surface area contributed by atoms with Crippen LogP contribution >= 0.6 is 0 Å². The Bertz CT molecular complexity index is 1410. The van der Waals surface area contributed by atoms with Crippen molar-refractivity contribution in [3.8, 4) is 28.4 Å². The first-order valence-electron chi connectivity index (χ1n) is 11.6. The zero-order chi connectivity index (χ0) is 25.1. The first-order chi connectivity index (χ1) is 17.6. The number of hydrogen-bond acceptors (Lipinski definition) is 5. The monoisotopic (exact) mass is 482 g/mol. The lowest BCUT2D eigenvalue weighted by Gasteiger charge is -2.11. The summed E-state index contributed by atoms with van der Waals surface area (Å²) in [5.41, 5.74) is 4.27. The van der Waals surface area contributed by atoms with Crippen LogP contribution < -0.4 is 20.1 Å². The fourth-order valence-corrected chi connectivity index (χ4v) is 4.44. The molecule has 0 aliphatic carbocycles. The summed E-state index contributed by atoms with van der Waals surface area (Å²) < 4.78 is 12.5. The Morgan fingerprint density at radius 2 is 1.75 bits per heavy atom. The van der Waals surface area contributed by atoms with Gasteiger partial charge >= 0.3 is 0 Å². The van der Waals surface area contributed by atoms with E-state index in [1.54, 1.807) is 37.2 Å². The van der Waals surface area contributed by atoms with E-state index in [0.29, 0.717) is 35.7 Å². The summed E-state index contributed by atoms with van der Waals surface area (Å²) in [6.07, 6.45) is 2.21. The van der Waals surface area contributed by atoms with Crippen LogP contribution in [0, 0.1) is 0 Å². The van der Waals surface area contributed by atoms with Crippen LogP contribution in [0.5, 0.6) is 11.5 Å². The molecule has 5 rings (SSSR count). The highest BCUT2D eigenvalue weighted by atomic mass is 16.5. The van der Waals surface area contributed by atoms with E-state index in [9.17, 15) is 9.59 Å². The molecule has 3 aromatic carbocycles. The number of fused-ring (bicyclic) bond motifs is 1. The molecule has 2 amide bonds. The Morgan fingerprint density at radius 1 is 1.00 bits per heavy atom. The molecule has 36 heavy (non-hydrogen) atoms. The second kappa shape index (κ2) is 9.95. The first kappa shape index (κ1) is 23.2. The van der Waals surface area contributed by atoms with Crippen molar-refractivity contribution in [2.45, 2.75) is 12.3 Å². The van der Waals surface area contributed by atoms with Gasteiger partial charge in [-0.2, -0.15) is 5.10 Å². The fraction of sp³-hybridized carbons (Fsp3) is 0.179. The van der Waals surface area contributed by atoms with Crippen LogP contribution in [0.1, 0.15) is 28.3 Å². The molecule has 0 spiro atoms. The lowest BCUT2D eigenvalue weighted by Crippen LogP contribution is -2.27. The van der Waals surface area contributed by atoms with Crippen LogP contribution in [0.4, 0.5) is 5.69 Å². The minimum Gasteiger partial charge on any atom is -0.493 e. The topological polar surface area (TPSA) is 94.5 Å². The second-order valence-corrected chi connectivity index (χ2v) is 8.41. The van der Waals surface area contributed by atoms with Gasteiger partial charge in [-0.3, -0.25) is 9.59 Å². The highest BCUT2D eigenvalue weighted by Crippen LogP contribution is 2.35. The van der Waals surface area contributed by atoms with Gasteiger partial charge in [-0.25, -0.2) is 4.68 Å². The van der Waals surface area contributed by atoms with Gasteiger partial charge in [0.05, 0.1) is 31.4 Å². The molecule has 2 heterocycles. The quantitative estimate of drug-likeness (QED) is 0.388. The molecular formula is C28H26N4O4. The molecule has 0 radical (unpaired) electrons. The molecule has 0 bridgehead atoms. The first-order valence-corrected chi connectivity index (χ1v) is 11.6. The van der Waals surface area contributed by atoms with E-state index in [1.807, 2.05) is 60.7 Å². The summed E-state index contributed by atoms with van der Waals surface area (Å²) in [6, 6.07) is 22.7. The molecule has 0 unspecified atom stereocenters. The molecule has 0 saturated heterocycles. The molecule has 1 aliphatic heterocycles. The lowest BCUT2D eigenvalue weighted by molar-refractivity contribution is -0.117. The Morgan fingerprint density at radius 3 is 2.53 bits per heavy atom. The number of para-hydroxylation sites is 2. The highest BCUT2D eigenvalue weighted by molar-refractivity contribution is 6.03. The average molecular weight is 483 g/mol. The summed E-state index contributed by atoms with van der Waals surface area (Å²) in [5.74, 6) is 0.521. The Hall–Kier alpha value is -4.59. The number of aromatic nitrogens is 2. The van der Waals surface area contributed by atoms with Crippen molar-refractivity contribution >= 4 is 17.5 Å². The van der Waals surface area contributed by atoms with E-state index in [2.05, 4.69) is 10.6 Å². The molecule has 1 atom stereocenters. The van der Waals surface area contributed by atoms with Crippen molar-refractivity contribution in [2.75, 3.05) is 26.1 Å². The van der Waals surface area contributed by atoms with E-state index in [0.717, 1.165) is 22.5 Å². The van der Waals surface area contributed by atoms with Crippen molar-refractivity contribution in [2.24, 2.45) is 0 Å². The van der Waals surface area contributed by atoms with Crippen molar-refractivity contribution < 1.29 is 19.1 Å². The molecule has 0 saturated carbocycles. The van der Waals surface area contributed by atoms with Gasteiger partial charge in [0.2, 0.25) is 5.91 Å². The SMILES string of the molecule is COc1ccc(-c2nn(-c3ccccc3)cc2C(=O)NCC[C@H]2C(=O)Nc3ccccc32)cc1OC. The minimum atomic E-state index is -0.293. The number of benzene rings is 3. The summed E-state index contributed by atoms with van der Waals surface area (Å²) in [6.45, 7) is 0.340. The van der Waals surface area contributed by atoms with Crippen molar-refractivity contribution in [3.05, 3.63) is 90.1 Å². The zero-order valence-electron chi connectivity index (χ0n) is 20.0. The van der Waals surface area contributed by atoms with Crippen LogP contribution in [0.2, 0.25) is 0 Å². The maximum Gasteiger partial charge on any atom is 0.255 e. The number of amides is 2. The molecule has 1 aliphatic rings. The number of nitrogens with one attached hydrogen (secondary N) is 2. The number of carbonyl (C=O) groups excluding carboxylic acids is 2. The van der Waals surface area contributed by atoms with Crippen molar-refractivity contribution in [1.82, 2.24) is 15.1 Å². The van der Waals surface area contributed by atoms with Gasteiger partial charge in [0.15, 0.2) is 11.5 Å². The summed E-state index contributed by atoms with van der Waals surface area (Å²) in [5, 5.41) is 10.6. The number of anilines is 1. The smallest absolute Gasteiger partial charge is 0.255 e. The Labute approximate surface area is 208 Å². The number of methoxy groups -OCH3 is 2. The average Bonchev–Trinajstić information content (AvgIpc) is 3.50. The standard InChI is InChI=1S/C28H26N4O4/c1-35-24-13-12-18(16-25(24)36-2)26-22(17-32(31-26)19-8-4-3-5-9-19)27(33)29-15-14-21-20-10-6-7-11-23(20)30-28(21)34/h3-13,16-17,21H,14-15H2,1-2H3,(H,29,33)(H,30,34)/t21-/m1/s1. The third-order valence-electron chi connectivity index (χ3n) is 6.27. The fourth-order valence-electron chi connectivity index (χ4n) is 4.44. The number of nitrogens with zero attached hydrogens (tertiary/aromatic N) is 2. The Balaban J connectivity index is 1.41. The van der Waals surface area contributed by atoms with Crippen LogP contribution in [0.25, 0.3) is 16.9 Å². The van der Waals surface area contributed by atoms with E-state index >= 15 is 0 Å². The molecular weight excluding hydrogens is 456 g/mol. The van der Waals surface area contributed by atoms with Crippen molar-refractivity contribution in [1.29, 1.82) is 0 Å². The van der Waals surface area contributed by atoms with Gasteiger partial charge in [-0.1, -0.05) is 36.4 Å². The molecule has 1 aromatic heterocycles. The summed E-state index contributed by atoms with van der Waals surface area (Å²) in [7, 11) is 3.14. The number of ether oxygens (including phenoxy) is 2. The second-order valence-electron chi connectivity index (χ2n) is 8.41. The molecule has 4 aromatic rings. The van der Waals surface area contributed by atoms with Gasteiger partial charge in [0.1, 0.15) is 5.69 Å². The van der Waals surface area contributed by atoms with E-state index in [4.69, 9.17) is 14.6 Å². The molecule has 8 heteroatoms. The predicted molar refractivity (Wildman–Crippen MR) is 137 cm³/mol. The zero-order valence-corrected chi connectivity index (χ0v) is 20.0. The van der Waals surface area contributed by atoms with Crippen LogP contribution in [-0.4, -0.2) is 42.4 Å². The van der Waals surface area contributed by atoms with E-state index in [1.165, 1.54) is 0 Å². The molecule has 2 N–H and O–H groups in total. The van der Waals surface area contributed by atoms with E-state index < -0.39 is 0 Å². The highest BCUT2D eigenvalue weighted by Gasteiger charge is 2.30. The maximum absolute atomic E-state index is 13.3. The van der Waals surface area contributed by atoms with Gasteiger partial charge < -0.3 is 20.1 Å². The van der Waals surface area contributed by atoms with Gasteiger partial charge in [0, 0.05) is 24.0 Å². The van der Waals surface area contributed by atoms with E-state index in [-0.39, 0.29) is 17.7 Å². The molecule has 182 valence electrons. The molecule has 8 nitrogen and oxygen atoms in total. The van der Waals surface area contributed by atoms with Gasteiger partial charge in [0.25, 0.3) is 5.91 Å². The Kier molecular flexibility index (Phi) is 6.40. The number of hydrogen-bond donors (Lipinski definition) is 2. The van der Waals surface area contributed by atoms with Gasteiger partial charge in [-0.05, 0) is 48.4 Å². The van der Waals surface area contributed by atoms with Crippen LogP contribution in [-0.2, 0) is 4.79 Å². The van der Waals surface area contributed by atoms with Gasteiger partial charge in [-0.15, -0.1) is 0 Å². The predicted octanol–water partition coefficient (Wildman–Crippen LogP) is 4.41. The van der Waals surface area contributed by atoms with Crippen molar-refractivity contribution in [3.63, 3.8) is 0 Å². The van der Waals surface area contributed by atoms with Crippen LogP contribution in [0.3, 0.4) is 0 Å².